The van der Waals surface area contributed by atoms with Gasteiger partial charge in [-0.3, -0.25) is 0 Å². The number of rotatable bonds is 4. The molecule has 1 aromatic heterocycles. The minimum atomic E-state index is 0.524. The Morgan fingerprint density at radius 3 is 2.72 bits per heavy atom. The molecule has 0 atom stereocenters. The number of benzene rings is 3. The summed E-state index contributed by atoms with van der Waals surface area (Å²) >= 11 is 3.55. The van der Waals surface area contributed by atoms with Crippen molar-refractivity contribution >= 4 is 27.0 Å². The van der Waals surface area contributed by atoms with E-state index in [4.69, 9.17) is 9.72 Å². The first-order valence-electron chi connectivity index (χ1n) is 8.12. The van der Waals surface area contributed by atoms with Crippen molar-refractivity contribution in [2.24, 2.45) is 0 Å². The standard InChI is InChI=1S/C21H17BrN2O/c1-14-5-4-6-15(11-14)13-25-20-10-9-16(22)12-17(20)21-23-18-7-2-3-8-19(18)24-21/h2-12H,13H2,1H3,(H,23,24). The van der Waals surface area contributed by atoms with E-state index >= 15 is 0 Å². The van der Waals surface area contributed by atoms with Gasteiger partial charge in [0.1, 0.15) is 18.2 Å². The number of aromatic nitrogens is 2. The zero-order chi connectivity index (χ0) is 17.2. The summed E-state index contributed by atoms with van der Waals surface area (Å²) in [5, 5.41) is 0. The van der Waals surface area contributed by atoms with Crippen LogP contribution in [-0.2, 0) is 6.61 Å². The Balaban J connectivity index is 1.68. The van der Waals surface area contributed by atoms with Crippen LogP contribution in [0.1, 0.15) is 11.1 Å². The highest BCUT2D eigenvalue weighted by atomic mass is 79.9. The average molecular weight is 393 g/mol. The Morgan fingerprint density at radius 1 is 1.00 bits per heavy atom. The fourth-order valence-corrected chi connectivity index (χ4v) is 3.22. The second kappa shape index (κ2) is 6.73. The minimum Gasteiger partial charge on any atom is -0.488 e. The zero-order valence-corrected chi connectivity index (χ0v) is 15.4. The monoisotopic (exact) mass is 392 g/mol. The fourth-order valence-electron chi connectivity index (χ4n) is 2.86. The third-order valence-corrected chi connectivity index (χ3v) is 4.56. The molecule has 0 amide bonds. The predicted octanol–water partition coefficient (Wildman–Crippen LogP) is 5.88. The molecule has 124 valence electrons. The molecular formula is C21H17BrN2O. The number of H-pyrrole nitrogens is 1. The van der Waals surface area contributed by atoms with Crippen LogP contribution in [0.5, 0.6) is 5.75 Å². The van der Waals surface area contributed by atoms with Crippen LogP contribution in [0.4, 0.5) is 0 Å². The highest BCUT2D eigenvalue weighted by Gasteiger charge is 2.12. The molecule has 0 aliphatic heterocycles. The molecule has 0 radical (unpaired) electrons. The van der Waals surface area contributed by atoms with Gasteiger partial charge in [0.25, 0.3) is 0 Å². The molecule has 3 nitrogen and oxygen atoms in total. The molecule has 0 saturated carbocycles. The Kier molecular flexibility index (Phi) is 4.28. The number of nitrogens with zero attached hydrogens (tertiary/aromatic N) is 1. The van der Waals surface area contributed by atoms with Gasteiger partial charge in [0, 0.05) is 4.47 Å². The number of aryl methyl sites for hydroxylation is 1. The molecular weight excluding hydrogens is 376 g/mol. The SMILES string of the molecule is Cc1cccc(COc2ccc(Br)cc2-c2nc3ccccc3[nH]2)c1. The summed E-state index contributed by atoms with van der Waals surface area (Å²) in [6.45, 7) is 2.61. The summed E-state index contributed by atoms with van der Waals surface area (Å²) < 4.78 is 7.09. The van der Waals surface area contributed by atoms with E-state index in [0.29, 0.717) is 6.61 Å². The molecule has 1 N–H and O–H groups in total. The van der Waals surface area contributed by atoms with Crippen molar-refractivity contribution in [3.05, 3.63) is 82.3 Å². The van der Waals surface area contributed by atoms with Gasteiger partial charge in [0.15, 0.2) is 0 Å². The van der Waals surface area contributed by atoms with Gasteiger partial charge in [0.05, 0.1) is 16.6 Å². The van der Waals surface area contributed by atoms with Crippen molar-refractivity contribution in [2.75, 3.05) is 0 Å². The van der Waals surface area contributed by atoms with Crippen molar-refractivity contribution in [1.29, 1.82) is 0 Å². The summed E-state index contributed by atoms with van der Waals surface area (Å²) in [5.74, 6) is 1.62. The van der Waals surface area contributed by atoms with Crippen LogP contribution in [0, 0.1) is 6.92 Å². The minimum absolute atomic E-state index is 0.524. The molecule has 3 aromatic carbocycles. The topological polar surface area (TPSA) is 37.9 Å². The molecule has 4 aromatic rings. The molecule has 0 aliphatic carbocycles. The van der Waals surface area contributed by atoms with E-state index in [1.54, 1.807) is 0 Å². The van der Waals surface area contributed by atoms with Crippen molar-refractivity contribution in [2.45, 2.75) is 13.5 Å². The number of imidazole rings is 1. The Labute approximate surface area is 154 Å². The number of nitrogens with one attached hydrogen (secondary N) is 1. The zero-order valence-electron chi connectivity index (χ0n) is 13.8. The van der Waals surface area contributed by atoms with Gasteiger partial charge < -0.3 is 9.72 Å². The van der Waals surface area contributed by atoms with E-state index in [-0.39, 0.29) is 0 Å². The molecule has 0 saturated heterocycles. The van der Waals surface area contributed by atoms with Crippen LogP contribution in [0.2, 0.25) is 0 Å². The number of fused-ring (bicyclic) bond motifs is 1. The van der Waals surface area contributed by atoms with Gasteiger partial charge in [-0.15, -0.1) is 0 Å². The molecule has 0 fully saturated rings. The van der Waals surface area contributed by atoms with Gasteiger partial charge in [-0.05, 0) is 42.8 Å². The second-order valence-electron chi connectivity index (χ2n) is 6.02. The first-order valence-corrected chi connectivity index (χ1v) is 8.91. The summed E-state index contributed by atoms with van der Waals surface area (Å²) in [4.78, 5) is 8.07. The molecule has 4 rings (SSSR count). The van der Waals surface area contributed by atoms with Crippen molar-refractivity contribution in [3.63, 3.8) is 0 Å². The van der Waals surface area contributed by atoms with Gasteiger partial charge in [-0.2, -0.15) is 0 Å². The van der Waals surface area contributed by atoms with Crippen LogP contribution in [0.25, 0.3) is 22.4 Å². The molecule has 4 heteroatoms. The third kappa shape index (κ3) is 3.44. The predicted molar refractivity (Wildman–Crippen MR) is 105 cm³/mol. The van der Waals surface area contributed by atoms with Crippen LogP contribution in [0.3, 0.4) is 0 Å². The van der Waals surface area contributed by atoms with Gasteiger partial charge in [-0.1, -0.05) is 57.9 Å². The average Bonchev–Trinajstić information content (AvgIpc) is 3.05. The molecule has 0 bridgehead atoms. The van der Waals surface area contributed by atoms with E-state index in [1.807, 2.05) is 42.5 Å². The van der Waals surface area contributed by atoms with Crippen LogP contribution in [0.15, 0.2) is 71.2 Å². The van der Waals surface area contributed by atoms with Gasteiger partial charge in [-0.25, -0.2) is 4.98 Å². The lowest BCUT2D eigenvalue weighted by Crippen LogP contribution is -1.98. The lowest BCUT2D eigenvalue weighted by molar-refractivity contribution is 0.307. The van der Waals surface area contributed by atoms with Crippen LogP contribution >= 0.6 is 15.9 Å². The van der Waals surface area contributed by atoms with E-state index < -0.39 is 0 Å². The van der Waals surface area contributed by atoms with Crippen molar-refractivity contribution < 1.29 is 4.74 Å². The Morgan fingerprint density at radius 2 is 1.88 bits per heavy atom. The molecule has 1 heterocycles. The number of ether oxygens (including phenoxy) is 1. The first-order chi connectivity index (χ1) is 12.2. The number of aromatic amines is 1. The molecule has 25 heavy (non-hydrogen) atoms. The smallest absolute Gasteiger partial charge is 0.142 e. The first kappa shape index (κ1) is 15.9. The van der Waals surface area contributed by atoms with Gasteiger partial charge in [0.2, 0.25) is 0 Å². The highest BCUT2D eigenvalue weighted by molar-refractivity contribution is 9.10. The highest BCUT2D eigenvalue weighted by Crippen LogP contribution is 2.32. The van der Waals surface area contributed by atoms with E-state index in [2.05, 4.69) is 52.1 Å². The fraction of sp³-hybridized carbons (Fsp3) is 0.0952. The molecule has 0 aliphatic rings. The second-order valence-corrected chi connectivity index (χ2v) is 6.94. The van der Waals surface area contributed by atoms with Crippen molar-refractivity contribution in [3.8, 4) is 17.1 Å². The van der Waals surface area contributed by atoms with Crippen LogP contribution in [-0.4, -0.2) is 9.97 Å². The number of halogens is 1. The summed E-state index contributed by atoms with van der Waals surface area (Å²) in [7, 11) is 0. The maximum atomic E-state index is 6.10. The van der Waals surface area contributed by atoms with E-state index in [1.165, 1.54) is 5.56 Å². The van der Waals surface area contributed by atoms with Crippen molar-refractivity contribution in [1.82, 2.24) is 9.97 Å². The number of para-hydroxylation sites is 2. The quantitative estimate of drug-likeness (QED) is 0.470. The maximum absolute atomic E-state index is 6.10. The Hall–Kier alpha value is -2.59. The van der Waals surface area contributed by atoms with E-state index in [9.17, 15) is 0 Å². The maximum Gasteiger partial charge on any atom is 0.142 e. The van der Waals surface area contributed by atoms with Gasteiger partial charge >= 0.3 is 0 Å². The van der Waals surface area contributed by atoms with E-state index in [0.717, 1.165) is 38.2 Å². The number of hydrogen-bond donors (Lipinski definition) is 1. The van der Waals surface area contributed by atoms with Crippen LogP contribution < -0.4 is 4.74 Å². The summed E-state index contributed by atoms with van der Waals surface area (Å²) in [5.41, 5.74) is 5.29. The lowest BCUT2D eigenvalue weighted by atomic mass is 10.1. The summed E-state index contributed by atoms with van der Waals surface area (Å²) in [6, 6.07) is 22.4. The molecule has 0 unspecified atom stereocenters. The normalized spacial score (nSPS) is 11.0. The lowest BCUT2D eigenvalue weighted by Gasteiger charge is -2.11. The largest absolute Gasteiger partial charge is 0.488 e. The third-order valence-electron chi connectivity index (χ3n) is 4.06. The Bertz CT molecular complexity index is 1010. The molecule has 0 spiro atoms. The number of hydrogen-bond acceptors (Lipinski definition) is 2. The summed E-state index contributed by atoms with van der Waals surface area (Å²) in [6.07, 6.45) is 0.